The van der Waals surface area contributed by atoms with Gasteiger partial charge in [-0.15, -0.1) is 11.3 Å². The molecule has 6 heteroatoms. The number of aromatic nitrogens is 1. The van der Waals surface area contributed by atoms with Gasteiger partial charge in [0.25, 0.3) is 5.91 Å². The Bertz CT molecular complexity index is 867. The number of rotatable bonds is 1. The summed E-state index contributed by atoms with van der Waals surface area (Å²) >= 11 is 1.63. The maximum absolute atomic E-state index is 12.9. The van der Waals surface area contributed by atoms with Crippen molar-refractivity contribution in [3.8, 4) is 0 Å². The van der Waals surface area contributed by atoms with E-state index in [-0.39, 0.29) is 17.4 Å². The number of carbonyl (C=O) groups is 2. The van der Waals surface area contributed by atoms with E-state index in [0.717, 1.165) is 28.1 Å². The molecule has 0 N–H and O–H groups in total. The Hall–Kier alpha value is -1.95. The molecule has 1 atom stereocenters. The first kappa shape index (κ1) is 15.6. The highest BCUT2D eigenvalue weighted by Gasteiger charge is 2.56. The second-order valence-electron chi connectivity index (χ2n) is 7.87. The third-order valence-corrected chi connectivity index (χ3v) is 6.44. The minimum atomic E-state index is -0.670. The van der Waals surface area contributed by atoms with Gasteiger partial charge in [-0.25, -0.2) is 14.7 Å². The van der Waals surface area contributed by atoms with E-state index in [0.29, 0.717) is 12.2 Å². The van der Waals surface area contributed by atoms with Gasteiger partial charge in [0.1, 0.15) is 5.54 Å². The molecule has 4 rings (SSSR count). The molecule has 0 saturated carbocycles. The zero-order valence-electron chi connectivity index (χ0n) is 14.4. The van der Waals surface area contributed by atoms with Crippen LogP contribution in [0.4, 0.5) is 10.5 Å². The van der Waals surface area contributed by atoms with Crippen LogP contribution in [-0.2, 0) is 10.2 Å². The number of amides is 3. The maximum Gasteiger partial charge on any atom is 0.332 e. The zero-order chi connectivity index (χ0) is 17.3. The van der Waals surface area contributed by atoms with Crippen molar-refractivity contribution in [2.45, 2.75) is 51.5 Å². The Morgan fingerprint density at radius 2 is 2.00 bits per heavy atom. The molecule has 2 fully saturated rings. The summed E-state index contributed by atoms with van der Waals surface area (Å²) in [6.07, 6.45) is 1.63. The fraction of sp³-hybridized carbons (Fsp3) is 0.500. The van der Waals surface area contributed by atoms with Crippen LogP contribution in [0.3, 0.4) is 0 Å². The van der Waals surface area contributed by atoms with Crippen molar-refractivity contribution < 1.29 is 9.59 Å². The van der Waals surface area contributed by atoms with Crippen LogP contribution in [0.1, 0.15) is 45.5 Å². The minimum absolute atomic E-state index is 0.0145. The first-order valence-electron chi connectivity index (χ1n) is 8.29. The standard InChI is InChI=1S/C18H21N3O2S/c1-17(2,3)14-19-12-7-6-11(10-13(12)24-14)21-15(22)18(4)8-5-9-20(18)16(21)23/h6-7,10H,5,8-9H2,1-4H3/t18-/m0/s1. The monoisotopic (exact) mass is 343 g/mol. The lowest BCUT2D eigenvalue weighted by Crippen LogP contribution is -2.41. The quantitative estimate of drug-likeness (QED) is 0.738. The van der Waals surface area contributed by atoms with Gasteiger partial charge in [-0.2, -0.15) is 0 Å². The first-order chi connectivity index (χ1) is 11.2. The van der Waals surface area contributed by atoms with Gasteiger partial charge in [-0.3, -0.25) is 4.79 Å². The molecule has 2 aliphatic heterocycles. The summed E-state index contributed by atoms with van der Waals surface area (Å²) in [5.74, 6) is -0.107. The zero-order valence-corrected chi connectivity index (χ0v) is 15.2. The summed E-state index contributed by atoms with van der Waals surface area (Å²) < 4.78 is 1.01. The summed E-state index contributed by atoms with van der Waals surface area (Å²) in [5, 5.41) is 1.06. The lowest BCUT2D eigenvalue weighted by molar-refractivity contribution is -0.123. The Morgan fingerprint density at radius 3 is 2.67 bits per heavy atom. The van der Waals surface area contributed by atoms with E-state index in [2.05, 4.69) is 25.8 Å². The Kier molecular flexibility index (Phi) is 3.10. The molecule has 0 bridgehead atoms. The highest BCUT2D eigenvalue weighted by atomic mass is 32.1. The topological polar surface area (TPSA) is 53.5 Å². The molecule has 24 heavy (non-hydrogen) atoms. The number of urea groups is 1. The third-order valence-electron chi connectivity index (χ3n) is 5.00. The van der Waals surface area contributed by atoms with E-state index in [4.69, 9.17) is 0 Å². The SMILES string of the molecule is CC(C)(C)c1nc2ccc(N3C(=O)N4CCC[C@@]4(C)C3=O)cc2s1. The average molecular weight is 343 g/mol. The highest BCUT2D eigenvalue weighted by Crippen LogP contribution is 2.41. The van der Waals surface area contributed by atoms with Crippen LogP contribution in [-0.4, -0.2) is 33.9 Å². The molecule has 5 nitrogen and oxygen atoms in total. The van der Waals surface area contributed by atoms with Crippen molar-refractivity contribution in [2.24, 2.45) is 0 Å². The number of fused-ring (bicyclic) bond motifs is 2. The third kappa shape index (κ3) is 2.02. The van der Waals surface area contributed by atoms with Gasteiger partial charge in [0.15, 0.2) is 0 Å². The second kappa shape index (κ2) is 4.79. The highest BCUT2D eigenvalue weighted by molar-refractivity contribution is 7.18. The molecule has 3 heterocycles. The van der Waals surface area contributed by atoms with Crippen molar-refractivity contribution in [3.05, 3.63) is 23.2 Å². The van der Waals surface area contributed by atoms with Crippen LogP contribution in [0.25, 0.3) is 10.2 Å². The van der Waals surface area contributed by atoms with E-state index in [1.54, 1.807) is 16.2 Å². The van der Waals surface area contributed by atoms with Gasteiger partial charge in [0, 0.05) is 12.0 Å². The number of benzene rings is 1. The fourth-order valence-electron chi connectivity index (χ4n) is 3.54. The number of anilines is 1. The van der Waals surface area contributed by atoms with Crippen LogP contribution >= 0.6 is 11.3 Å². The number of imide groups is 1. The van der Waals surface area contributed by atoms with Gasteiger partial charge in [-0.1, -0.05) is 20.8 Å². The van der Waals surface area contributed by atoms with E-state index in [1.165, 1.54) is 4.90 Å². The first-order valence-corrected chi connectivity index (χ1v) is 9.11. The molecule has 3 amide bonds. The summed E-state index contributed by atoms with van der Waals surface area (Å²) in [6, 6.07) is 5.46. The van der Waals surface area contributed by atoms with Crippen LogP contribution in [0.15, 0.2) is 18.2 Å². The van der Waals surface area contributed by atoms with Crippen molar-refractivity contribution in [3.63, 3.8) is 0 Å². The van der Waals surface area contributed by atoms with Crippen LogP contribution < -0.4 is 4.90 Å². The predicted molar refractivity (Wildman–Crippen MR) is 95.5 cm³/mol. The number of nitrogens with zero attached hydrogens (tertiary/aromatic N) is 3. The molecule has 0 aliphatic carbocycles. The molecule has 0 radical (unpaired) electrons. The largest absolute Gasteiger partial charge is 0.332 e. The van der Waals surface area contributed by atoms with E-state index < -0.39 is 5.54 Å². The molecule has 1 aromatic heterocycles. The molecule has 2 saturated heterocycles. The molecule has 126 valence electrons. The van der Waals surface area contributed by atoms with E-state index in [1.807, 2.05) is 25.1 Å². The van der Waals surface area contributed by atoms with Crippen LogP contribution in [0, 0.1) is 0 Å². The van der Waals surface area contributed by atoms with E-state index in [9.17, 15) is 9.59 Å². The number of thiazole rings is 1. The maximum atomic E-state index is 12.9. The summed E-state index contributed by atoms with van der Waals surface area (Å²) in [5.41, 5.74) is 0.882. The Morgan fingerprint density at radius 1 is 1.25 bits per heavy atom. The minimum Gasteiger partial charge on any atom is -0.309 e. The molecule has 0 unspecified atom stereocenters. The van der Waals surface area contributed by atoms with Crippen LogP contribution in [0.5, 0.6) is 0 Å². The predicted octanol–water partition coefficient (Wildman–Crippen LogP) is 3.91. The number of hydrogen-bond acceptors (Lipinski definition) is 4. The number of hydrogen-bond donors (Lipinski definition) is 0. The Labute approximate surface area is 145 Å². The van der Waals surface area contributed by atoms with Gasteiger partial charge in [-0.05, 0) is 38.0 Å². The number of carbonyl (C=O) groups excluding carboxylic acids is 2. The van der Waals surface area contributed by atoms with Crippen LogP contribution in [0.2, 0.25) is 0 Å². The molecule has 2 aliphatic rings. The lowest BCUT2D eigenvalue weighted by Gasteiger charge is -2.22. The smallest absolute Gasteiger partial charge is 0.309 e. The summed E-state index contributed by atoms with van der Waals surface area (Å²) in [6.45, 7) is 8.94. The Balaban J connectivity index is 1.77. The van der Waals surface area contributed by atoms with Gasteiger partial charge < -0.3 is 4.90 Å². The summed E-state index contributed by atoms with van der Waals surface area (Å²) in [4.78, 5) is 33.3. The average Bonchev–Trinajstić information content (AvgIpc) is 3.14. The molecule has 1 aromatic carbocycles. The fourth-order valence-corrected chi connectivity index (χ4v) is 4.60. The van der Waals surface area contributed by atoms with E-state index >= 15 is 0 Å². The normalized spacial score (nSPS) is 24.3. The molecular weight excluding hydrogens is 322 g/mol. The van der Waals surface area contributed by atoms with Gasteiger partial charge >= 0.3 is 6.03 Å². The molecule has 0 spiro atoms. The van der Waals surface area contributed by atoms with Crippen molar-refractivity contribution in [2.75, 3.05) is 11.4 Å². The second-order valence-corrected chi connectivity index (χ2v) is 8.90. The van der Waals surface area contributed by atoms with Crippen molar-refractivity contribution in [1.82, 2.24) is 9.88 Å². The van der Waals surface area contributed by atoms with Crippen molar-refractivity contribution >= 4 is 39.2 Å². The molecule has 2 aromatic rings. The summed E-state index contributed by atoms with van der Waals surface area (Å²) in [7, 11) is 0. The van der Waals surface area contributed by atoms with Gasteiger partial charge in [0.2, 0.25) is 0 Å². The van der Waals surface area contributed by atoms with Gasteiger partial charge in [0.05, 0.1) is 20.9 Å². The van der Waals surface area contributed by atoms with Crippen molar-refractivity contribution in [1.29, 1.82) is 0 Å². The lowest BCUT2D eigenvalue weighted by atomic mass is 9.98. The molecular formula is C18H21N3O2S.